The first kappa shape index (κ1) is 27.9. The summed E-state index contributed by atoms with van der Waals surface area (Å²) < 4.78 is 6.70. The molecule has 0 radical (unpaired) electrons. The third kappa shape index (κ3) is 5.51. The van der Waals surface area contributed by atoms with Crippen LogP contribution in [-0.4, -0.2) is 12.5 Å². The predicted molar refractivity (Wildman–Crippen MR) is 173 cm³/mol. The molecule has 6 aromatic carbocycles. The SMILES string of the molecule is O=C(CNC(c1ccccc1)(c1ccccc1)c1ccccc1)OC(c1ccccc1)(c1ccccc1)c1ccccc1. The van der Waals surface area contributed by atoms with Crippen LogP contribution in [0.15, 0.2) is 182 Å². The molecular formula is C40H33NO2. The van der Waals surface area contributed by atoms with Crippen LogP contribution < -0.4 is 5.32 Å². The average molecular weight is 560 g/mol. The van der Waals surface area contributed by atoms with Crippen LogP contribution in [0.3, 0.4) is 0 Å². The zero-order valence-electron chi connectivity index (χ0n) is 23.8. The molecule has 6 rings (SSSR count). The van der Waals surface area contributed by atoms with Gasteiger partial charge in [0.2, 0.25) is 0 Å². The van der Waals surface area contributed by atoms with Crippen molar-refractivity contribution in [2.75, 3.05) is 6.54 Å². The third-order valence-electron chi connectivity index (χ3n) is 7.93. The molecule has 0 saturated carbocycles. The van der Waals surface area contributed by atoms with Gasteiger partial charge in [-0.3, -0.25) is 10.1 Å². The molecule has 210 valence electrons. The normalized spacial score (nSPS) is 11.5. The Morgan fingerprint density at radius 2 is 0.674 bits per heavy atom. The van der Waals surface area contributed by atoms with Crippen LogP contribution in [0, 0.1) is 0 Å². The molecule has 0 atom stereocenters. The fraction of sp³-hybridized carbons (Fsp3) is 0.0750. The van der Waals surface area contributed by atoms with Crippen molar-refractivity contribution >= 4 is 5.97 Å². The molecule has 0 unspecified atom stereocenters. The summed E-state index contributed by atoms with van der Waals surface area (Å²) in [4.78, 5) is 14.2. The molecule has 0 aliphatic rings. The van der Waals surface area contributed by atoms with E-state index in [4.69, 9.17) is 4.74 Å². The fourth-order valence-corrected chi connectivity index (χ4v) is 5.98. The zero-order chi connectivity index (χ0) is 29.4. The number of esters is 1. The fourth-order valence-electron chi connectivity index (χ4n) is 5.98. The van der Waals surface area contributed by atoms with Crippen molar-refractivity contribution in [3.63, 3.8) is 0 Å². The van der Waals surface area contributed by atoms with Gasteiger partial charge in [-0.05, 0) is 16.7 Å². The number of hydrogen-bond donors (Lipinski definition) is 1. The Kier molecular flexibility index (Phi) is 8.26. The molecule has 3 heteroatoms. The molecule has 0 heterocycles. The average Bonchev–Trinajstić information content (AvgIpc) is 3.10. The minimum atomic E-state index is -1.14. The van der Waals surface area contributed by atoms with Crippen LogP contribution in [0.2, 0.25) is 0 Å². The minimum Gasteiger partial charge on any atom is -0.443 e. The summed E-state index contributed by atoms with van der Waals surface area (Å²) in [6.45, 7) is -0.0348. The lowest BCUT2D eigenvalue weighted by Crippen LogP contribution is -2.48. The zero-order valence-corrected chi connectivity index (χ0v) is 23.8. The van der Waals surface area contributed by atoms with E-state index in [2.05, 4.69) is 41.7 Å². The number of hydrogen-bond acceptors (Lipinski definition) is 3. The lowest BCUT2D eigenvalue weighted by Gasteiger charge is -2.38. The highest BCUT2D eigenvalue weighted by Crippen LogP contribution is 2.41. The Hall–Kier alpha value is -5.25. The number of nitrogens with one attached hydrogen (secondary N) is 1. The lowest BCUT2D eigenvalue weighted by molar-refractivity contribution is -0.152. The van der Waals surface area contributed by atoms with Gasteiger partial charge in [0.15, 0.2) is 5.60 Å². The number of ether oxygens (including phenoxy) is 1. The maximum Gasteiger partial charge on any atom is 0.321 e. The second-order valence-corrected chi connectivity index (χ2v) is 10.5. The van der Waals surface area contributed by atoms with Gasteiger partial charge in [-0.15, -0.1) is 0 Å². The van der Waals surface area contributed by atoms with Crippen molar-refractivity contribution in [2.45, 2.75) is 11.1 Å². The van der Waals surface area contributed by atoms with Crippen molar-refractivity contribution in [3.8, 4) is 0 Å². The van der Waals surface area contributed by atoms with Gasteiger partial charge >= 0.3 is 5.97 Å². The van der Waals surface area contributed by atoms with Gasteiger partial charge in [0.05, 0.1) is 12.1 Å². The second kappa shape index (κ2) is 12.7. The monoisotopic (exact) mass is 559 g/mol. The first-order chi connectivity index (χ1) is 21.2. The summed E-state index contributed by atoms with van der Waals surface area (Å²) >= 11 is 0. The Morgan fingerprint density at radius 1 is 0.419 bits per heavy atom. The molecule has 6 aromatic rings. The highest BCUT2D eigenvalue weighted by molar-refractivity contribution is 5.74. The Balaban J connectivity index is 1.45. The molecule has 43 heavy (non-hydrogen) atoms. The number of rotatable bonds is 10. The molecule has 0 bridgehead atoms. The first-order valence-electron chi connectivity index (χ1n) is 14.5. The van der Waals surface area contributed by atoms with Gasteiger partial charge < -0.3 is 4.74 Å². The number of carbonyl (C=O) groups is 1. The summed E-state index contributed by atoms with van der Waals surface area (Å²) in [5, 5.41) is 3.68. The predicted octanol–water partition coefficient (Wildman–Crippen LogP) is 8.10. The molecule has 1 N–H and O–H groups in total. The molecule has 0 fully saturated rings. The molecule has 0 amide bonds. The standard InChI is InChI=1S/C40H33NO2/c42-38(43-40(35-25-13-4-14-26-35,36-27-15-5-16-28-36)37-29-17-6-18-30-37)31-41-39(32-19-7-1-8-20-32,33-21-9-2-10-22-33)34-23-11-3-12-24-34/h1-30,41H,31H2. The Morgan fingerprint density at radius 3 is 0.953 bits per heavy atom. The first-order valence-corrected chi connectivity index (χ1v) is 14.5. The van der Waals surface area contributed by atoms with Crippen molar-refractivity contribution in [1.29, 1.82) is 0 Å². The highest BCUT2D eigenvalue weighted by atomic mass is 16.6. The van der Waals surface area contributed by atoms with Gasteiger partial charge in [0, 0.05) is 16.7 Å². The molecule has 0 saturated heterocycles. The summed E-state index contributed by atoms with van der Waals surface area (Å²) in [5.41, 5.74) is 3.78. The molecule has 0 spiro atoms. The van der Waals surface area contributed by atoms with Crippen molar-refractivity contribution < 1.29 is 9.53 Å². The molecule has 0 aliphatic carbocycles. The van der Waals surface area contributed by atoms with Crippen LogP contribution in [0.1, 0.15) is 33.4 Å². The number of benzene rings is 6. The number of carbonyl (C=O) groups excluding carboxylic acids is 1. The van der Waals surface area contributed by atoms with Gasteiger partial charge in [-0.25, -0.2) is 0 Å². The maximum absolute atomic E-state index is 14.2. The van der Waals surface area contributed by atoms with E-state index >= 15 is 0 Å². The van der Waals surface area contributed by atoms with Crippen LogP contribution in [0.5, 0.6) is 0 Å². The van der Waals surface area contributed by atoms with Crippen LogP contribution in [-0.2, 0) is 20.7 Å². The largest absolute Gasteiger partial charge is 0.443 e. The quantitative estimate of drug-likeness (QED) is 0.136. The van der Waals surface area contributed by atoms with E-state index in [-0.39, 0.29) is 12.5 Å². The van der Waals surface area contributed by atoms with E-state index in [0.29, 0.717) is 0 Å². The van der Waals surface area contributed by atoms with E-state index in [1.165, 1.54) is 0 Å². The molecule has 3 nitrogen and oxygen atoms in total. The topological polar surface area (TPSA) is 38.3 Å². The summed E-state index contributed by atoms with van der Waals surface area (Å²) in [7, 11) is 0. The molecular weight excluding hydrogens is 526 g/mol. The van der Waals surface area contributed by atoms with Crippen LogP contribution in [0.4, 0.5) is 0 Å². The van der Waals surface area contributed by atoms with Crippen LogP contribution >= 0.6 is 0 Å². The van der Waals surface area contributed by atoms with E-state index in [9.17, 15) is 4.79 Å². The van der Waals surface area contributed by atoms with Crippen molar-refractivity contribution in [2.24, 2.45) is 0 Å². The summed E-state index contributed by atoms with van der Waals surface area (Å²) in [6, 6.07) is 60.7. The van der Waals surface area contributed by atoms with E-state index in [1.54, 1.807) is 0 Å². The maximum atomic E-state index is 14.2. The second-order valence-electron chi connectivity index (χ2n) is 10.5. The minimum absolute atomic E-state index is 0.0348. The molecule has 0 aromatic heterocycles. The van der Waals surface area contributed by atoms with E-state index < -0.39 is 11.1 Å². The van der Waals surface area contributed by atoms with E-state index in [1.807, 2.05) is 146 Å². The highest BCUT2D eigenvalue weighted by Gasteiger charge is 2.42. The summed E-state index contributed by atoms with van der Waals surface area (Å²) in [6.07, 6.45) is 0. The van der Waals surface area contributed by atoms with E-state index in [0.717, 1.165) is 33.4 Å². The van der Waals surface area contributed by atoms with Gasteiger partial charge in [-0.2, -0.15) is 0 Å². The Labute approximate surface area is 253 Å². The van der Waals surface area contributed by atoms with Crippen molar-refractivity contribution in [1.82, 2.24) is 5.32 Å². The van der Waals surface area contributed by atoms with Crippen LogP contribution in [0.25, 0.3) is 0 Å². The Bertz CT molecular complexity index is 1530. The summed E-state index contributed by atoms with van der Waals surface area (Å²) in [5.74, 6) is -0.372. The molecule has 0 aliphatic heterocycles. The van der Waals surface area contributed by atoms with Gasteiger partial charge in [0.25, 0.3) is 0 Å². The lowest BCUT2D eigenvalue weighted by atomic mass is 9.77. The van der Waals surface area contributed by atoms with Gasteiger partial charge in [0.1, 0.15) is 0 Å². The third-order valence-corrected chi connectivity index (χ3v) is 7.93. The van der Waals surface area contributed by atoms with Crippen molar-refractivity contribution in [3.05, 3.63) is 215 Å². The van der Waals surface area contributed by atoms with Gasteiger partial charge in [-0.1, -0.05) is 182 Å². The smallest absolute Gasteiger partial charge is 0.321 e.